The molecule has 0 aliphatic heterocycles. The second-order valence-electron chi connectivity index (χ2n) is 5.87. The fourth-order valence-corrected chi connectivity index (χ4v) is 1.77. The van der Waals surface area contributed by atoms with Crippen LogP contribution in [0.4, 0.5) is 4.39 Å². The first-order chi connectivity index (χ1) is 8.81. The second-order valence-corrected chi connectivity index (χ2v) is 5.87. The number of hydrogen-bond donors (Lipinski definition) is 1. The van der Waals surface area contributed by atoms with E-state index in [0.29, 0.717) is 17.9 Å². The molecule has 0 aliphatic carbocycles. The predicted molar refractivity (Wildman–Crippen MR) is 77.0 cm³/mol. The maximum absolute atomic E-state index is 13.8. The Morgan fingerprint density at radius 1 is 1.32 bits per heavy atom. The average Bonchev–Trinajstić information content (AvgIpc) is 2.30. The maximum atomic E-state index is 13.8. The van der Waals surface area contributed by atoms with Gasteiger partial charge in [-0.1, -0.05) is 6.07 Å². The molecule has 1 aromatic rings. The summed E-state index contributed by atoms with van der Waals surface area (Å²) < 4.78 is 18.8. The van der Waals surface area contributed by atoms with E-state index in [9.17, 15) is 4.39 Å². The number of nitrogens with one attached hydrogen (secondary N) is 1. The van der Waals surface area contributed by atoms with Gasteiger partial charge in [-0.2, -0.15) is 0 Å². The number of nitrogens with zero attached hydrogens (tertiary/aromatic N) is 1. The number of methoxy groups -OCH3 is 1. The van der Waals surface area contributed by atoms with Crippen LogP contribution in [0.1, 0.15) is 26.3 Å². The summed E-state index contributed by atoms with van der Waals surface area (Å²) >= 11 is 0. The fraction of sp³-hybridized carbons (Fsp3) is 0.600. The van der Waals surface area contributed by atoms with Gasteiger partial charge in [0.2, 0.25) is 0 Å². The van der Waals surface area contributed by atoms with E-state index >= 15 is 0 Å². The lowest BCUT2D eigenvalue weighted by Gasteiger charge is -2.23. The molecule has 0 saturated heterocycles. The van der Waals surface area contributed by atoms with Crippen molar-refractivity contribution in [2.75, 3.05) is 27.2 Å². The van der Waals surface area contributed by atoms with Crippen LogP contribution in [-0.2, 0) is 6.54 Å². The molecule has 0 heterocycles. The van der Waals surface area contributed by atoms with Gasteiger partial charge in [0.05, 0.1) is 7.11 Å². The van der Waals surface area contributed by atoms with Crippen LogP contribution in [0.2, 0.25) is 0 Å². The van der Waals surface area contributed by atoms with Gasteiger partial charge < -0.3 is 15.0 Å². The molecule has 108 valence electrons. The molecule has 0 aliphatic rings. The van der Waals surface area contributed by atoms with Gasteiger partial charge in [0.1, 0.15) is 11.6 Å². The molecule has 3 nitrogen and oxygen atoms in total. The van der Waals surface area contributed by atoms with Crippen LogP contribution in [0.25, 0.3) is 0 Å². The van der Waals surface area contributed by atoms with Gasteiger partial charge in [-0.15, -0.1) is 0 Å². The van der Waals surface area contributed by atoms with Gasteiger partial charge in [0, 0.05) is 36.8 Å². The molecule has 0 aromatic heterocycles. The highest BCUT2D eigenvalue weighted by Crippen LogP contribution is 2.17. The number of hydrogen-bond acceptors (Lipinski definition) is 3. The molecule has 0 unspecified atom stereocenters. The molecule has 0 saturated carbocycles. The number of rotatable bonds is 6. The minimum atomic E-state index is -0.213. The Morgan fingerprint density at radius 2 is 2.00 bits per heavy atom. The topological polar surface area (TPSA) is 24.5 Å². The largest absolute Gasteiger partial charge is 0.497 e. The van der Waals surface area contributed by atoms with Crippen LogP contribution < -0.4 is 10.1 Å². The summed E-state index contributed by atoms with van der Waals surface area (Å²) in [5.41, 5.74) is 0.811. The number of ether oxygens (including phenoxy) is 1. The molecule has 1 aromatic carbocycles. The first kappa shape index (κ1) is 15.9. The van der Waals surface area contributed by atoms with Crippen LogP contribution in [0, 0.1) is 5.82 Å². The summed E-state index contributed by atoms with van der Waals surface area (Å²) in [6.45, 7) is 8.77. The molecule has 0 amide bonds. The van der Waals surface area contributed by atoms with Crippen molar-refractivity contribution in [2.45, 2.75) is 32.9 Å². The Balaban J connectivity index is 2.46. The third-order valence-electron chi connectivity index (χ3n) is 2.85. The van der Waals surface area contributed by atoms with Crippen LogP contribution in [-0.4, -0.2) is 37.7 Å². The SMILES string of the molecule is COc1ccc(CN(C)CCNC(C)(C)C)c(F)c1. The summed E-state index contributed by atoms with van der Waals surface area (Å²) in [7, 11) is 3.53. The molecule has 1 N–H and O–H groups in total. The first-order valence-corrected chi connectivity index (χ1v) is 6.58. The van der Waals surface area contributed by atoms with Crippen LogP contribution in [0.5, 0.6) is 5.75 Å². The summed E-state index contributed by atoms with van der Waals surface area (Å²) in [6.07, 6.45) is 0. The van der Waals surface area contributed by atoms with E-state index in [0.717, 1.165) is 13.1 Å². The molecule has 0 fully saturated rings. The van der Waals surface area contributed by atoms with Gasteiger partial charge >= 0.3 is 0 Å². The highest BCUT2D eigenvalue weighted by molar-refractivity contribution is 5.28. The molecule has 0 spiro atoms. The summed E-state index contributed by atoms with van der Waals surface area (Å²) in [5.74, 6) is 0.341. The Morgan fingerprint density at radius 3 is 2.53 bits per heavy atom. The lowest BCUT2D eigenvalue weighted by Crippen LogP contribution is -2.40. The van der Waals surface area contributed by atoms with E-state index in [1.54, 1.807) is 19.2 Å². The molecule has 4 heteroatoms. The highest BCUT2D eigenvalue weighted by Gasteiger charge is 2.10. The predicted octanol–water partition coefficient (Wildman–Crippen LogP) is 2.65. The van der Waals surface area contributed by atoms with E-state index in [2.05, 4.69) is 31.0 Å². The van der Waals surface area contributed by atoms with Crippen LogP contribution in [0.15, 0.2) is 18.2 Å². The van der Waals surface area contributed by atoms with E-state index in [-0.39, 0.29) is 11.4 Å². The van der Waals surface area contributed by atoms with Gasteiger partial charge in [0.15, 0.2) is 0 Å². The molecule has 0 radical (unpaired) electrons. The van der Waals surface area contributed by atoms with Gasteiger partial charge in [0.25, 0.3) is 0 Å². The summed E-state index contributed by atoms with van der Waals surface area (Å²) in [4.78, 5) is 2.10. The van der Waals surface area contributed by atoms with E-state index in [1.165, 1.54) is 6.07 Å². The van der Waals surface area contributed by atoms with Crippen molar-refractivity contribution in [3.8, 4) is 5.75 Å². The average molecular weight is 268 g/mol. The van der Waals surface area contributed by atoms with E-state index in [4.69, 9.17) is 4.74 Å². The monoisotopic (exact) mass is 268 g/mol. The normalized spacial score (nSPS) is 11.9. The smallest absolute Gasteiger partial charge is 0.131 e. The Kier molecular flexibility index (Phi) is 5.76. The van der Waals surface area contributed by atoms with Crippen molar-refractivity contribution >= 4 is 0 Å². The molecule has 19 heavy (non-hydrogen) atoms. The first-order valence-electron chi connectivity index (χ1n) is 6.58. The Labute approximate surface area is 115 Å². The third-order valence-corrected chi connectivity index (χ3v) is 2.85. The Bertz CT molecular complexity index is 402. The highest BCUT2D eigenvalue weighted by atomic mass is 19.1. The van der Waals surface area contributed by atoms with Crippen molar-refractivity contribution in [3.05, 3.63) is 29.6 Å². The lowest BCUT2D eigenvalue weighted by molar-refractivity contribution is 0.299. The zero-order valence-electron chi connectivity index (χ0n) is 12.6. The van der Waals surface area contributed by atoms with Crippen LogP contribution >= 0.6 is 0 Å². The van der Waals surface area contributed by atoms with Crippen molar-refractivity contribution in [1.29, 1.82) is 0 Å². The second kappa shape index (κ2) is 6.87. The number of benzene rings is 1. The van der Waals surface area contributed by atoms with E-state index < -0.39 is 0 Å². The van der Waals surface area contributed by atoms with Crippen molar-refractivity contribution in [1.82, 2.24) is 10.2 Å². The summed E-state index contributed by atoms with van der Waals surface area (Å²) in [6, 6.07) is 5.00. The summed E-state index contributed by atoms with van der Waals surface area (Å²) in [5, 5.41) is 3.42. The molecule has 0 bridgehead atoms. The standard InChI is InChI=1S/C15H25FN2O/c1-15(2,3)17-8-9-18(4)11-12-6-7-13(19-5)10-14(12)16/h6-7,10,17H,8-9,11H2,1-5H3. The van der Waals surface area contributed by atoms with E-state index in [1.807, 2.05) is 7.05 Å². The molecular weight excluding hydrogens is 243 g/mol. The lowest BCUT2D eigenvalue weighted by atomic mass is 10.1. The zero-order chi connectivity index (χ0) is 14.5. The minimum Gasteiger partial charge on any atom is -0.497 e. The number of halogens is 1. The van der Waals surface area contributed by atoms with Gasteiger partial charge in [-0.05, 0) is 33.9 Å². The van der Waals surface area contributed by atoms with Gasteiger partial charge in [-0.25, -0.2) is 4.39 Å². The molecular formula is C15H25FN2O. The van der Waals surface area contributed by atoms with Crippen molar-refractivity contribution in [2.24, 2.45) is 0 Å². The molecule has 0 atom stereocenters. The fourth-order valence-electron chi connectivity index (χ4n) is 1.77. The molecule has 1 rings (SSSR count). The minimum absolute atomic E-state index is 0.117. The van der Waals surface area contributed by atoms with Crippen LogP contribution in [0.3, 0.4) is 0 Å². The van der Waals surface area contributed by atoms with Gasteiger partial charge in [-0.3, -0.25) is 0 Å². The quantitative estimate of drug-likeness (QED) is 0.858. The third kappa shape index (κ3) is 6.03. The number of likely N-dealkylation sites (N-methyl/N-ethyl adjacent to an activating group) is 1. The Hall–Kier alpha value is -1.13. The maximum Gasteiger partial charge on any atom is 0.131 e. The van der Waals surface area contributed by atoms with Crippen molar-refractivity contribution in [3.63, 3.8) is 0 Å². The zero-order valence-corrected chi connectivity index (χ0v) is 12.6. The van der Waals surface area contributed by atoms with Crippen molar-refractivity contribution < 1.29 is 9.13 Å².